The molecule has 0 radical (unpaired) electrons. The third-order valence-corrected chi connectivity index (χ3v) is 3.28. The predicted molar refractivity (Wildman–Crippen MR) is 65.5 cm³/mol. The molecule has 2 N–H and O–H groups in total. The van der Waals surface area contributed by atoms with Gasteiger partial charge in [0.1, 0.15) is 5.76 Å². The topological polar surface area (TPSA) is 37.2 Å². The van der Waals surface area contributed by atoms with E-state index in [0.29, 0.717) is 6.04 Å². The number of furan rings is 1. The van der Waals surface area contributed by atoms with Gasteiger partial charge >= 0.3 is 0 Å². The van der Waals surface area contributed by atoms with Gasteiger partial charge in [-0.2, -0.15) is 0 Å². The van der Waals surface area contributed by atoms with E-state index in [1.165, 1.54) is 19.4 Å². The van der Waals surface area contributed by atoms with Gasteiger partial charge in [0.25, 0.3) is 0 Å². The number of nitrogens with one attached hydrogen (secondary N) is 2. The van der Waals surface area contributed by atoms with Crippen LogP contribution in [0.2, 0.25) is 0 Å². The summed E-state index contributed by atoms with van der Waals surface area (Å²) in [6, 6.07) is 4.63. The van der Waals surface area contributed by atoms with E-state index in [0.717, 1.165) is 31.2 Å². The highest BCUT2D eigenvalue weighted by molar-refractivity contribution is 4.98. The van der Waals surface area contributed by atoms with Crippen molar-refractivity contribution in [3.8, 4) is 0 Å². The Balaban J connectivity index is 1.57. The lowest BCUT2D eigenvalue weighted by Gasteiger charge is -2.28. The van der Waals surface area contributed by atoms with E-state index < -0.39 is 0 Å². The van der Waals surface area contributed by atoms with E-state index in [1.54, 1.807) is 6.26 Å². The van der Waals surface area contributed by atoms with Gasteiger partial charge < -0.3 is 15.1 Å². The SMILES string of the molecule is CC1CCNC(CNCCc2ccco2)C1. The van der Waals surface area contributed by atoms with Crippen LogP contribution in [0.3, 0.4) is 0 Å². The van der Waals surface area contributed by atoms with E-state index in [2.05, 4.69) is 17.6 Å². The van der Waals surface area contributed by atoms with Gasteiger partial charge in [-0.3, -0.25) is 0 Å². The van der Waals surface area contributed by atoms with Crippen LogP contribution in [-0.4, -0.2) is 25.7 Å². The highest BCUT2D eigenvalue weighted by Crippen LogP contribution is 2.14. The molecular formula is C13H22N2O. The maximum absolute atomic E-state index is 5.29. The second-order valence-corrected chi connectivity index (χ2v) is 4.81. The molecule has 1 saturated heterocycles. The molecule has 1 aliphatic heterocycles. The first-order valence-corrected chi connectivity index (χ1v) is 6.31. The van der Waals surface area contributed by atoms with Gasteiger partial charge in [-0.1, -0.05) is 6.92 Å². The van der Waals surface area contributed by atoms with E-state index in [-0.39, 0.29) is 0 Å². The summed E-state index contributed by atoms with van der Waals surface area (Å²) in [7, 11) is 0. The van der Waals surface area contributed by atoms with Gasteiger partial charge in [-0.05, 0) is 37.4 Å². The Bertz CT molecular complexity index is 284. The minimum absolute atomic E-state index is 0.653. The van der Waals surface area contributed by atoms with Crippen molar-refractivity contribution in [3.63, 3.8) is 0 Å². The van der Waals surface area contributed by atoms with E-state index in [9.17, 15) is 0 Å². The van der Waals surface area contributed by atoms with Crippen molar-refractivity contribution in [2.45, 2.75) is 32.2 Å². The van der Waals surface area contributed by atoms with Crippen LogP contribution in [-0.2, 0) is 6.42 Å². The van der Waals surface area contributed by atoms with Crippen LogP contribution in [0.1, 0.15) is 25.5 Å². The monoisotopic (exact) mass is 222 g/mol. The van der Waals surface area contributed by atoms with Crippen LogP contribution in [0.5, 0.6) is 0 Å². The van der Waals surface area contributed by atoms with Crippen molar-refractivity contribution in [1.82, 2.24) is 10.6 Å². The summed E-state index contributed by atoms with van der Waals surface area (Å²) in [4.78, 5) is 0. The van der Waals surface area contributed by atoms with Crippen LogP contribution in [0, 0.1) is 5.92 Å². The fraction of sp³-hybridized carbons (Fsp3) is 0.692. The maximum Gasteiger partial charge on any atom is 0.105 e. The minimum Gasteiger partial charge on any atom is -0.469 e. The molecule has 2 heterocycles. The van der Waals surface area contributed by atoms with Crippen LogP contribution in [0.25, 0.3) is 0 Å². The van der Waals surface area contributed by atoms with E-state index >= 15 is 0 Å². The summed E-state index contributed by atoms with van der Waals surface area (Å²) in [6.45, 7) is 5.59. The molecule has 2 rings (SSSR count). The lowest BCUT2D eigenvalue weighted by Crippen LogP contribution is -2.44. The van der Waals surface area contributed by atoms with Gasteiger partial charge in [0.05, 0.1) is 6.26 Å². The second-order valence-electron chi connectivity index (χ2n) is 4.81. The zero-order valence-corrected chi connectivity index (χ0v) is 10.0. The van der Waals surface area contributed by atoms with Gasteiger partial charge in [0.15, 0.2) is 0 Å². The van der Waals surface area contributed by atoms with Crippen molar-refractivity contribution >= 4 is 0 Å². The Kier molecular flexibility index (Phi) is 4.43. The molecule has 1 aromatic heterocycles. The first-order chi connectivity index (χ1) is 7.84. The summed E-state index contributed by atoms with van der Waals surface area (Å²) < 4.78 is 5.29. The zero-order chi connectivity index (χ0) is 11.2. The molecule has 0 amide bonds. The molecular weight excluding hydrogens is 200 g/mol. The molecule has 3 heteroatoms. The van der Waals surface area contributed by atoms with Crippen molar-refractivity contribution in [1.29, 1.82) is 0 Å². The fourth-order valence-electron chi connectivity index (χ4n) is 2.32. The Labute approximate surface area is 97.6 Å². The molecule has 1 fully saturated rings. The molecule has 0 spiro atoms. The number of rotatable bonds is 5. The quantitative estimate of drug-likeness (QED) is 0.746. The standard InChI is InChI=1S/C13H22N2O/c1-11-4-7-15-12(9-11)10-14-6-5-13-3-2-8-16-13/h2-3,8,11-12,14-15H,4-7,9-10H2,1H3. The summed E-state index contributed by atoms with van der Waals surface area (Å²) >= 11 is 0. The molecule has 3 nitrogen and oxygen atoms in total. The van der Waals surface area contributed by atoms with E-state index in [1.807, 2.05) is 12.1 Å². The van der Waals surface area contributed by atoms with Gasteiger partial charge in [-0.25, -0.2) is 0 Å². The average Bonchev–Trinajstić information content (AvgIpc) is 2.77. The first-order valence-electron chi connectivity index (χ1n) is 6.31. The van der Waals surface area contributed by atoms with E-state index in [4.69, 9.17) is 4.42 Å². The molecule has 0 bridgehead atoms. The average molecular weight is 222 g/mol. The highest BCUT2D eigenvalue weighted by Gasteiger charge is 2.17. The summed E-state index contributed by atoms with van der Waals surface area (Å²) in [5, 5.41) is 7.05. The van der Waals surface area contributed by atoms with Crippen LogP contribution in [0.4, 0.5) is 0 Å². The lowest BCUT2D eigenvalue weighted by atomic mass is 9.94. The summed E-state index contributed by atoms with van der Waals surface area (Å²) in [5.74, 6) is 1.94. The molecule has 0 aromatic carbocycles. The molecule has 0 saturated carbocycles. The van der Waals surface area contributed by atoms with Crippen molar-refractivity contribution in [2.75, 3.05) is 19.6 Å². The van der Waals surface area contributed by atoms with Gasteiger partial charge in [0, 0.05) is 25.6 Å². The third kappa shape index (κ3) is 3.65. The number of hydrogen-bond acceptors (Lipinski definition) is 3. The predicted octanol–water partition coefficient (Wildman–Crippen LogP) is 1.80. The third-order valence-electron chi connectivity index (χ3n) is 3.28. The smallest absolute Gasteiger partial charge is 0.105 e. The Morgan fingerprint density at radius 3 is 3.25 bits per heavy atom. The highest BCUT2D eigenvalue weighted by atomic mass is 16.3. The Morgan fingerprint density at radius 1 is 1.56 bits per heavy atom. The van der Waals surface area contributed by atoms with Crippen LogP contribution >= 0.6 is 0 Å². The largest absolute Gasteiger partial charge is 0.469 e. The molecule has 16 heavy (non-hydrogen) atoms. The van der Waals surface area contributed by atoms with Gasteiger partial charge in [-0.15, -0.1) is 0 Å². The normalized spacial score (nSPS) is 25.8. The molecule has 1 aromatic rings. The molecule has 2 unspecified atom stereocenters. The van der Waals surface area contributed by atoms with Crippen molar-refractivity contribution in [3.05, 3.63) is 24.2 Å². The van der Waals surface area contributed by atoms with Crippen molar-refractivity contribution in [2.24, 2.45) is 5.92 Å². The van der Waals surface area contributed by atoms with Crippen molar-refractivity contribution < 1.29 is 4.42 Å². The van der Waals surface area contributed by atoms with Crippen LogP contribution in [0.15, 0.2) is 22.8 Å². The maximum atomic E-state index is 5.29. The minimum atomic E-state index is 0.653. The Morgan fingerprint density at radius 2 is 2.50 bits per heavy atom. The Hall–Kier alpha value is -0.800. The number of hydrogen-bond donors (Lipinski definition) is 2. The zero-order valence-electron chi connectivity index (χ0n) is 10.0. The molecule has 0 aliphatic carbocycles. The fourth-order valence-corrected chi connectivity index (χ4v) is 2.32. The first kappa shape index (κ1) is 11.7. The summed E-state index contributed by atoms with van der Waals surface area (Å²) in [6.07, 6.45) is 5.34. The molecule has 1 aliphatic rings. The van der Waals surface area contributed by atoms with Crippen LogP contribution < -0.4 is 10.6 Å². The summed E-state index contributed by atoms with van der Waals surface area (Å²) in [5.41, 5.74) is 0. The lowest BCUT2D eigenvalue weighted by molar-refractivity contribution is 0.311. The van der Waals surface area contributed by atoms with Gasteiger partial charge in [0.2, 0.25) is 0 Å². The molecule has 90 valence electrons. The molecule has 2 atom stereocenters. The second kappa shape index (κ2) is 6.06. The number of piperidine rings is 1.